The summed E-state index contributed by atoms with van der Waals surface area (Å²) >= 11 is 5.93. The van der Waals surface area contributed by atoms with Crippen LogP contribution in [0.15, 0.2) is 29.3 Å². The molecule has 0 aromatic heterocycles. The fourth-order valence-corrected chi connectivity index (χ4v) is 2.28. The van der Waals surface area contributed by atoms with Crippen molar-refractivity contribution in [2.45, 2.75) is 26.3 Å². The standard InChI is InChI=1S/C18H30ClN3O2/c1-4-20-18(21-11-5-6-12-24-14-13-23-3)22(2)15-16-7-9-17(19)10-8-16/h7-10H,4-6,11-15H2,1-3H3,(H,20,21). The fourth-order valence-electron chi connectivity index (χ4n) is 2.15. The molecule has 1 N–H and O–H groups in total. The summed E-state index contributed by atoms with van der Waals surface area (Å²) in [7, 11) is 3.73. The van der Waals surface area contributed by atoms with E-state index in [1.807, 2.05) is 31.3 Å². The molecular weight excluding hydrogens is 326 g/mol. The van der Waals surface area contributed by atoms with Crippen molar-refractivity contribution in [3.63, 3.8) is 0 Å². The maximum atomic E-state index is 5.93. The van der Waals surface area contributed by atoms with Gasteiger partial charge in [0.15, 0.2) is 5.96 Å². The Morgan fingerprint density at radius 2 is 1.92 bits per heavy atom. The molecule has 0 spiro atoms. The number of nitrogens with zero attached hydrogens (tertiary/aromatic N) is 2. The van der Waals surface area contributed by atoms with Crippen molar-refractivity contribution in [2.24, 2.45) is 4.99 Å². The maximum Gasteiger partial charge on any atom is 0.193 e. The summed E-state index contributed by atoms with van der Waals surface area (Å²) in [5.74, 6) is 0.924. The average Bonchev–Trinajstić information content (AvgIpc) is 2.58. The van der Waals surface area contributed by atoms with Gasteiger partial charge in [-0.05, 0) is 37.5 Å². The molecule has 1 rings (SSSR count). The molecule has 136 valence electrons. The van der Waals surface area contributed by atoms with Crippen LogP contribution in [0.4, 0.5) is 0 Å². The van der Waals surface area contributed by atoms with Crippen LogP contribution in [0.3, 0.4) is 0 Å². The van der Waals surface area contributed by atoms with Crippen LogP contribution in [-0.2, 0) is 16.0 Å². The molecule has 0 atom stereocenters. The zero-order valence-corrected chi connectivity index (χ0v) is 15.8. The molecule has 0 saturated carbocycles. The van der Waals surface area contributed by atoms with Crippen LogP contribution in [0.25, 0.3) is 0 Å². The predicted molar refractivity (Wildman–Crippen MR) is 101 cm³/mol. The number of hydrogen-bond acceptors (Lipinski definition) is 3. The molecule has 0 radical (unpaired) electrons. The van der Waals surface area contributed by atoms with Crippen molar-refractivity contribution in [3.8, 4) is 0 Å². The van der Waals surface area contributed by atoms with Crippen LogP contribution in [0.5, 0.6) is 0 Å². The minimum absolute atomic E-state index is 0.651. The minimum atomic E-state index is 0.651. The molecule has 6 heteroatoms. The summed E-state index contributed by atoms with van der Waals surface area (Å²) in [4.78, 5) is 6.81. The Bertz CT molecular complexity index is 466. The molecule has 24 heavy (non-hydrogen) atoms. The van der Waals surface area contributed by atoms with Gasteiger partial charge in [-0.15, -0.1) is 0 Å². The Morgan fingerprint density at radius 3 is 2.58 bits per heavy atom. The van der Waals surface area contributed by atoms with Gasteiger partial charge in [0.05, 0.1) is 13.2 Å². The number of unbranched alkanes of at least 4 members (excludes halogenated alkanes) is 1. The summed E-state index contributed by atoms with van der Waals surface area (Å²) < 4.78 is 10.4. The molecule has 0 heterocycles. The summed E-state index contributed by atoms with van der Waals surface area (Å²) in [6, 6.07) is 7.91. The van der Waals surface area contributed by atoms with Gasteiger partial charge in [-0.25, -0.2) is 0 Å². The van der Waals surface area contributed by atoms with Crippen LogP contribution >= 0.6 is 11.6 Å². The average molecular weight is 356 g/mol. The Hall–Kier alpha value is -1.30. The minimum Gasteiger partial charge on any atom is -0.382 e. The molecule has 0 aliphatic rings. The van der Waals surface area contributed by atoms with Gasteiger partial charge in [-0.3, -0.25) is 4.99 Å². The molecule has 0 unspecified atom stereocenters. The van der Waals surface area contributed by atoms with E-state index in [1.165, 1.54) is 5.56 Å². The number of guanidine groups is 1. The molecule has 0 fully saturated rings. The van der Waals surface area contributed by atoms with E-state index in [1.54, 1.807) is 7.11 Å². The Morgan fingerprint density at radius 1 is 1.17 bits per heavy atom. The third kappa shape index (κ3) is 9.11. The molecular formula is C18H30ClN3O2. The molecule has 0 aliphatic heterocycles. The molecule has 0 bridgehead atoms. The third-order valence-electron chi connectivity index (χ3n) is 3.42. The largest absolute Gasteiger partial charge is 0.382 e. The lowest BCUT2D eigenvalue weighted by Crippen LogP contribution is -2.38. The second-order valence-electron chi connectivity index (χ2n) is 5.53. The van der Waals surface area contributed by atoms with Crippen molar-refractivity contribution < 1.29 is 9.47 Å². The lowest BCUT2D eigenvalue weighted by molar-refractivity contribution is 0.0690. The van der Waals surface area contributed by atoms with Crippen LogP contribution < -0.4 is 5.32 Å². The second kappa shape index (κ2) is 13.0. The molecule has 0 aliphatic carbocycles. The lowest BCUT2D eigenvalue weighted by Gasteiger charge is -2.22. The summed E-state index contributed by atoms with van der Waals surface area (Å²) in [5.41, 5.74) is 1.21. The summed E-state index contributed by atoms with van der Waals surface area (Å²) in [6.07, 6.45) is 2.02. The van der Waals surface area contributed by atoms with E-state index in [0.717, 1.165) is 50.1 Å². The summed E-state index contributed by atoms with van der Waals surface area (Å²) in [6.45, 7) is 6.59. The highest BCUT2D eigenvalue weighted by molar-refractivity contribution is 6.30. The number of ether oxygens (including phenoxy) is 2. The first kappa shape index (κ1) is 20.7. The molecule has 1 aromatic rings. The highest BCUT2D eigenvalue weighted by Crippen LogP contribution is 2.11. The first-order valence-electron chi connectivity index (χ1n) is 8.48. The van der Waals surface area contributed by atoms with Crippen molar-refractivity contribution >= 4 is 17.6 Å². The van der Waals surface area contributed by atoms with Crippen molar-refractivity contribution in [1.82, 2.24) is 10.2 Å². The van der Waals surface area contributed by atoms with E-state index >= 15 is 0 Å². The molecule has 5 nitrogen and oxygen atoms in total. The molecule has 0 amide bonds. The van der Waals surface area contributed by atoms with Gasteiger partial charge in [0, 0.05) is 45.4 Å². The number of methoxy groups -OCH3 is 1. The number of halogens is 1. The van der Waals surface area contributed by atoms with Gasteiger partial charge >= 0.3 is 0 Å². The number of nitrogens with one attached hydrogen (secondary N) is 1. The Labute approximate surface area is 151 Å². The zero-order chi connectivity index (χ0) is 17.6. The van der Waals surface area contributed by atoms with Crippen LogP contribution in [0, 0.1) is 0 Å². The quantitative estimate of drug-likeness (QED) is 0.376. The van der Waals surface area contributed by atoms with Gasteiger partial charge in [0.1, 0.15) is 0 Å². The van der Waals surface area contributed by atoms with E-state index in [2.05, 4.69) is 22.1 Å². The SMILES string of the molecule is CCNC(=NCCCCOCCOC)N(C)Cc1ccc(Cl)cc1. The second-order valence-corrected chi connectivity index (χ2v) is 5.97. The molecule has 0 saturated heterocycles. The predicted octanol–water partition coefficient (Wildman–Crippen LogP) is 3.18. The van der Waals surface area contributed by atoms with E-state index in [9.17, 15) is 0 Å². The van der Waals surface area contributed by atoms with Gasteiger partial charge in [-0.1, -0.05) is 23.7 Å². The van der Waals surface area contributed by atoms with E-state index < -0.39 is 0 Å². The highest BCUT2D eigenvalue weighted by Gasteiger charge is 2.06. The van der Waals surface area contributed by atoms with E-state index in [-0.39, 0.29) is 0 Å². The van der Waals surface area contributed by atoms with Gasteiger partial charge < -0.3 is 19.7 Å². The van der Waals surface area contributed by atoms with Crippen molar-refractivity contribution in [2.75, 3.05) is 47.1 Å². The fraction of sp³-hybridized carbons (Fsp3) is 0.611. The van der Waals surface area contributed by atoms with Gasteiger partial charge in [0.25, 0.3) is 0 Å². The van der Waals surface area contributed by atoms with Crippen LogP contribution in [0.2, 0.25) is 5.02 Å². The number of benzene rings is 1. The van der Waals surface area contributed by atoms with Gasteiger partial charge in [-0.2, -0.15) is 0 Å². The van der Waals surface area contributed by atoms with Crippen LogP contribution in [-0.4, -0.2) is 57.9 Å². The van der Waals surface area contributed by atoms with E-state index in [0.29, 0.717) is 13.2 Å². The Balaban J connectivity index is 2.36. The first-order valence-corrected chi connectivity index (χ1v) is 8.85. The normalized spacial score (nSPS) is 11.6. The third-order valence-corrected chi connectivity index (χ3v) is 3.67. The van der Waals surface area contributed by atoms with Crippen LogP contribution in [0.1, 0.15) is 25.3 Å². The maximum absolute atomic E-state index is 5.93. The highest BCUT2D eigenvalue weighted by atomic mass is 35.5. The lowest BCUT2D eigenvalue weighted by atomic mass is 10.2. The number of hydrogen-bond donors (Lipinski definition) is 1. The van der Waals surface area contributed by atoms with Gasteiger partial charge in [0.2, 0.25) is 0 Å². The smallest absolute Gasteiger partial charge is 0.193 e. The number of aliphatic imine (C=N–C) groups is 1. The first-order chi connectivity index (χ1) is 11.7. The van der Waals surface area contributed by atoms with Crippen molar-refractivity contribution in [3.05, 3.63) is 34.9 Å². The number of rotatable bonds is 11. The Kier molecular flexibility index (Phi) is 11.3. The summed E-state index contributed by atoms with van der Waals surface area (Å²) in [5, 5.41) is 4.09. The monoisotopic (exact) mass is 355 g/mol. The molecule has 1 aromatic carbocycles. The topological polar surface area (TPSA) is 46.1 Å². The van der Waals surface area contributed by atoms with Crippen molar-refractivity contribution in [1.29, 1.82) is 0 Å². The van der Waals surface area contributed by atoms with E-state index in [4.69, 9.17) is 21.1 Å². The zero-order valence-electron chi connectivity index (χ0n) is 15.1.